The number of aliphatic hydroxyl groups is 1. The van der Waals surface area contributed by atoms with Gasteiger partial charge < -0.3 is 15.0 Å². The van der Waals surface area contributed by atoms with Crippen LogP contribution in [-0.4, -0.2) is 40.4 Å². The molecule has 4 rings (SSSR count). The molecule has 2 heterocycles. The number of carbonyl (C=O) groups is 1. The number of rotatable bonds is 2. The number of alkyl halides is 3. The summed E-state index contributed by atoms with van der Waals surface area (Å²) in [5.41, 5.74) is 1.58. The number of hydrogen-bond donors (Lipinski definition) is 1. The highest BCUT2D eigenvalue weighted by molar-refractivity contribution is 5.70. The van der Waals surface area contributed by atoms with E-state index < -0.39 is 17.7 Å². The Labute approximate surface area is 165 Å². The molecule has 9 heteroatoms. The van der Waals surface area contributed by atoms with E-state index >= 15 is 0 Å². The molecule has 1 aliphatic carbocycles. The summed E-state index contributed by atoms with van der Waals surface area (Å²) in [4.78, 5) is 18.6. The highest BCUT2D eigenvalue weighted by atomic mass is 19.4. The standard InChI is InChI=1S/C18H19N3O.C2HF3O2/c22-18(9-8-14-5-1-2-6-15(14)13-18)16-7-3-12-21(16)17-19-10-4-11-20-17;3-2(4,5)1(6)7/h1-2,4-6,8-11,16,22H,3,7,12-13H2;(H,6,7). The summed E-state index contributed by atoms with van der Waals surface area (Å²) in [6, 6.07) is 10.2. The fourth-order valence-electron chi connectivity index (χ4n) is 3.70. The molecule has 1 saturated heterocycles. The number of carbonyl (C=O) groups excluding carboxylic acids is 1. The van der Waals surface area contributed by atoms with Gasteiger partial charge in [-0.1, -0.05) is 35.3 Å². The quantitative estimate of drug-likeness (QED) is 0.807. The predicted octanol–water partition coefficient (Wildman–Crippen LogP) is 1.16. The number of aromatic nitrogens is 2. The van der Waals surface area contributed by atoms with Crippen molar-refractivity contribution in [1.82, 2.24) is 4.98 Å². The minimum atomic E-state index is -5.19. The number of carboxylic acid groups (broad SMARTS) is 1. The zero-order chi connectivity index (χ0) is 21.1. The monoisotopic (exact) mass is 407 g/mol. The van der Waals surface area contributed by atoms with Gasteiger partial charge in [0.1, 0.15) is 23.8 Å². The Hall–Kier alpha value is -2.94. The predicted molar refractivity (Wildman–Crippen MR) is 96.4 cm³/mol. The third kappa shape index (κ3) is 4.73. The number of benzene rings is 1. The fraction of sp³-hybridized carbons (Fsp3) is 0.350. The first kappa shape index (κ1) is 20.8. The van der Waals surface area contributed by atoms with Crippen LogP contribution in [0.5, 0.6) is 0 Å². The van der Waals surface area contributed by atoms with E-state index in [9.17, 15) is 18.3 Å². The third-order valence-corrected chi connectivity index (χ3v) is 5.01. The van der Waals surface area contributed by atoms with E-state index in [0.717, 1.165) is 25.3 Å². The van der Waals surface area contributed by atoms with Crippen LogP contribution in [0.25, 0.3) is 6.08 Å². The van der Waals surface area contributed by atoms with Crippen LogP contribution in [0, 0.1) is 0 Å². The Kier molecular flexibility index (Phi) is 5.88. The van der Waals surface area contributed by atoms with Crippen molar-refractivity contribution in [3.8, 4) is 0 Å². The molecule has 1 fully saturated rings. The highest BCUT2D eigenvalue weighted by Crippen LogP contribution is 2.36. The Bertz CT molecular complexity index is 889. The number of nitrogens with zero attached hydrogens (tertiary/aromatic N) is 2. The summed E-state index contributed by atoms with van der Waals surface area (Å²) in [5.74, 6) is -2.17. The normalized spacial score (nSPS) is 23.2. The molecular weight excluding hydrogens is 387 g/mol. The van der Waals surface area contributed by atoms with E-state index in [0.29, 0.717) is 6.42 Å². The van der Waals surface area contributed by atoms with Crippen molar-refractivity contribution in [2.75, 3.05) is 11.4 Å². The zero-order valence-corrected chi connectivity index (χ0v) is 15.4. The molecule has 0 spiro atoms. The van der Waals surface area contributed by atoms with Crippen molar-refractivity contribution in [3.63, 3.8) is 0 Å². The first-order valence-electron chi connectivity index (χ1n) is 9.08. The molecule has 1 aromatic heterocycles. The number of fused-ring (bicyclic) bond motifs is 1. The number of anilines is 1. The summed E-state index contributed by atoms with van der Waals surface area (Å²) in [6.45, 7) is 0.927. The van der Waals surface area contributed by atoms with Crippen molar-refractivity contribution < 1.29 is 33.2 Å². The lowest BCUT2D eigenvalue weighted by Crippen LogP contribution is -2.52. The summed E-state index contributed by atoms with van der Waals surface area (Å²) in [6.07, 6.45) is 5.22. The fourth-order valence-corrected chi connectivity index (χ4v) is 3.70. The Morgan fingerprint density at radius 2 is 2.03 bits per heavy atom. The lowest BCUT2D eigenvalue weighted by atomic mass is 9.80. The van der Waals surface area contributed by atoms with Crippen LogP contribution in [-0.2, 0) is 11.2 Å². The molecule has 154 valence electrons. The van der Waals surface area contributed by atoms with E-state index in [1.807, 2.05) is 30.5 Å². The molecule has 2 N–H and O–H groups in total. The van der Waals surface area contributed by atoms with Gasteiger partial charge in [-0.05, 0) is 30.0 Å². The largest absolute Gasteiger partial charge is 0.542 e. The van der Waals surface area contributed by atoms with Crippen LogP contribution in [0.15, 0.2) is 48.8 Å². The molecule has 2 aliphatic rings. The number of aromatic amines is 1. The first-order chi connectivity index (χ1) is 13.7. The van der Waals surface area contributed by atoms with E-state index in [-0.39, 0.29) is 6.04 Å². The van der Waals surface area contributed by atoms with Crippen LogP contribution in [0.4, 0.5) is 19.1 Å². The average molecular weight is 407 g/mol. The number of nitrogens with one attached hydrogen (secondary N) is 1. The molecule has 1 aromatic carbocycles. The van der Waals surface area contributed by atoms with Gasteiger partial charge in [-0.2, -0.15) is 13.2 Å². The lowest BCUT2D eigenvalue weighted by Gasteiger charge is -2.36. The Morgan fingerprint density at radius 3 is 2.69 bits per heavy atom. The van der Waals surface area contributed by atoms with E-state index in [2.05, 4.69) is 33.1 Å². The topological polar surface area (TPSA) is 90.6 Å². The van der Waals surface area contributed by atoms with Crippen molar-refractivity contribution >= 4 is 18.0 Å². The van der Waals surface area contributed by atoms with Gasteiger partial charge >= 0.3 is 12.1 Å². The zero-order valence-electron chi connectivity index (χ0n) is 15.4. The maximum atomic E-state index is 11.3. The van der Waals surface area contributed by atoms with Gasteiger partial charge in [0, 0.05) is 12.5 Å². The van der Waals surface area contributed by atoms with Gasteiger partial charge in [-0.3, -0.25) is 4.90 Å². The third-order valence-electron chi connectivity index (χ3n) is 5.01. The van der Waals surface area contributed by atoms with Gasteiger partial charge in [-0.15, -0.1) is 0 Å². The smallest absolute Gasteiger partial charge is 0.430 e. The first-order valence-corrected chi connectivity index (χ1v) is 9.08. The van der Waals surface area contributed by atoms with Crippen molar-refractivity contribution in [2.24, 2.45) is 0 Å². The number of carboxylic acids is 1. The lowest BCUT2D eigenvalue weighted by molar-refractivity contribution is -0.368. The Morgan fingerprint density at radius 1 is 1.31 bits per heavy atom. The molecular formula is C20H20F3N3O3. The van der Waals surface area contributed by atoms with Crippen molar-refractivity contribution in [1.29, 1.82) is 0 Å². The maximum Gasteiger partial charge on any atom is 0.430 e. The van der Waals surface area contributed by atoms with Crippen molar-refractivity contribution in [3.05, 3.63) is 59.9 Å². The van der Waals surface area contributed by atoms with E-state index in [1.165, 1.54) is 11.1 Å². The van der Waals surface area contributed by atoms with Crippen LogP contribution in [0.1, 0.15) is 24.0 Å². The van der Waals surface area contributed by atoms with Crippen LogP contribution in [0.3, 0.4) is 0 Å². The van der Waals surface area contributed by atoms with Crippen LogP contribution in [0.2, 0.25) is 0 Å². The SMILES string of the molecule is O=C([O-])C(F)(F)F.OC1(C2CCCN2c2nccc[nH+]2)C=Cc2ccccc2C1. The van der Waals surface area contributed by atoms with Crippen LogP contribution < -0.4 is 15.0 Å². The molecule has 0 saturated carbocycles. The number of aliphatic carboxylic acids is 1. The second kappa shape index (κ2) is 8.20. The highest BCUT2D eigenvalue weighted by Gasteiger charge is 2.46. The summed E-state index contributed by atoms with van der Waals surface area (Å²) < 4.78 is 31.5. The minimum absolute atomic E-state index is 0.0586. The molecule has 0 amide bonds. The second-order valence-corrected chi connectivity index (χ2v) is 6.94. The minimum Gasteiger partial charge on any atom is -0.542 e. The molecule has 29 heavy (non-hydrogen) atoms. The Balaban J connectivity index is 0.000000298. The van der Waals surface area contributed by atoms with E-state index in [1.54, 1.807) is 6.20 Å². The van der Waals surface area contributed by atoms with Crippen LogP contribution >= 0.6 is 0 Å². The number of hydrogen-bond acceptors (Lipinski definition) is 5. The number of halogens is 3. The number of H-pyrrole nitrogens is 1. The van der Waals surface area contributed by atoms with Gasteiger partial charge in [0.2, 0.25) is 0 Å². The molecule has 0 radical (unpaired) electrons. The molecule has 6 nitrogen and oxygen atoms in total. The van der Waals surface area contributed by atoms with Gasteiger partial charge in [-0.25, -0.2) is 4.98 Å². The van der Waals surface area contributed by atoms with Gasteiger partial charge in [0.15, 0.2) is 0 Å². The maximum absolute atomic E-state index is 11.3. The summed E-state index contributed by atoms with van der Waals surface area (Å²) >= 11 is 0. The molecule has 0 bridgehead atoms. The van der Waals surface area contributed by atoms with E-state index in [4.69, 9.17) is 9.90 Å². The second-order valence-electron chi connectivity index (χ2n) is 6.94. The van der Waals surface area contributed by atoms with Crippen molar-refractivity contribution in [2.45, 2.75) is 37.1 Å². The average Bonchev–Trinajstić information content (AvgIpc) is 3.19. The molecule has 2 atom stereocenters. The molecule has 1 aliphatic heterocycles. The van der Waals surface area contributed by atoms with Gasteiger partial charge in [0.05, 0.1) is 12.7 Å². The summed E-state index contributed by atoms with van der Waals surface area (Å²) in [7, 11) is 0. The molecule has 2 unspecified atom stereocenters. The summed E-state index contributed by atoms with van der Waals surface area (Å²) in [5, 5.41) is 20.1. The molecule has 2 aromatic rings. The van der Waals surface area contributed by atoms with Gasteiger partial charge in [0.25, 0.3) is 0 Å².